The smallest absolute Gasteiger partial charge is 0.101 e. The molecule has 1 aliphatic rings. The molecule has 1 aliphatic carbocycles. The summed E-state index contributed by atoms with van der Waals surface area (Å²) in [7, 11) is 0. The highest BCUT2D eigenvalue weighted by Gasteiger charge is 2.62. The van der Waals surface area contributed by atoms with Gasteiger partial charge in [0.2, 0.25) is 0 Å². The number of alkyl halides is 1. The van der Waals surface area contributed by atoms with E-state index in [9.17, 15) is 10.5 Å². The summed E-state index contributed by atoms with van der Waals surface area (Å²) in [6.45, 7) is 12.3. The van der Waals surface area contributed by atoms with Gasteiger partial charge < -0.3 is 10.6 Å². The van der Waals surface area contributed by atoms with Crippen molar-refractivity contribution >= 4 is 40.3 Å². The van der Waals surface area contributed by atoms with Gasteiger partial charge in [0.1, 0.15) is 6.07 Å². The molecule has 174 valence electrons. The van der Waals surface area contributed by atoms with Gasteiger partial charge in [-0.05, 0) is 67.4 Å². The van der Waals surface area contributed by atoms with Crippen molar-refractivity contribution in [2.45, 2.75) is 24.6 Å². The van der Waals surface area contributed by atoms with E-state index in [2.05, 4.69) is 35.9 Å². The van der Waals surface area contributed by atoms with Gasteiger partial charge in [-0.2, -0.15) is 10.5 Å². The Balaban J connectivity index is 1.52. The Hall–Kier alpha value is -3.70. The maximum absolute atomic E-state index is 9.47. The molecule has 3 aromatic rings. The second-order valence-electron chi connectivity index (χ2n) is 8.95. The van der Waals surface area contributed by atoms with Crippen LogP contribution in [0.15, 0.2) is 79.5 Å². The molecule has 3 atom stereocenters. The summed E-state index contributed by atoms with van der Waals surface area (Å²) in [4.78, 5) is -0.502. The van der Waals surface area contributed by atoms with E-state index in [1.807, 2.05) is 62.4 Å². The first kappa shape index (κ1) is 24.4. The molecule has 0 spiro atoms. The van der Waals surface area contributed by atoms with Crippen LogP contribution in [0.1, 0.15) is 40.7 Å². The van der Waals surface area contributed by atoms with Crippen molar-refractivity contribution in [1.29, 1.82) is 10.5 Å². The second kappa shape index (κ2) is 9.51. The summed E-state index contributed by atoms with van der Waals surface area (Å²) in [5.74, 6) is 0.0381. The lowest BCUT2D eigenvalue weighted by molar-refractivity contribution is 0.899. The molecule has 4 nitrogen and oxygen atoms in total. The molecule has 2 N–H and O–H groups in total. The van der Waals surface area contributed by atoms with Gasteiger partial charge in [-0.25, -0.2) is 0 Å². The van der Waals surface area contributed by atoms with Crippen molar-refractivity contribution in [2.24, 2.45) is 5.92 Å². The van der Waals surface area contributed by atoms with Crippen LogP contribution in [0, 0.1) is 35.5 Å². The summed E-state index contributed by atoms with van der Waals surface area (Å²) in [6.07, 6.45) is 0. The van der Waals surface area contributed by atoms with Crippen molar-refractivity contribution in [1.82, 2.24) is 0 Å². The van der Waals surface area contributed by atoms with Crippen LogP contribution in [0.25, 0.3) is 5.70 Å². The van der Waals surface area contributed by atoms with Gasteiger partial charge in [-0.1, -0.05) is 43.0 Å². The summed E-state index contributed by atoms with van der Waals surface area (Å²) >= 11 is 13.3. The highest BCUT2D eigenvalue weighted by atomic mass is 35.5. The number of allylic oxidation sites excluding steroid dienone is 1. The van der Waals surface area contributed by atoms with Crippen LogP contribution in [0.2, 0.25) is 5.02 Å². The Morgan fingerprint density at radius 1 is 1.00 bits per heavy atom. The quantitative estimate of drug-likeness (QED) is 0.325. The summed E-state index contributed by atoms with van der Waals surface area (Å²) in [5.41, 5.74) is 6.70. The lowest BCUT2D eigenvalue weighted by atomic mass is 10.0. The molecular weight excluding hydrogens is 475 g/mol. The molecule has 1 fully saturated rings. The molecule has 4 rings (SSSR count). The molecule has 0 aromatic heterocycles. The van der Waals surface area contributed by atoms with Crippen LogP contribution < -0.4 is 10.6 Å². The number of hydrogen-bond donors (Lipinski definition) is 2. The zero-order valence-corrected chi connectivity index (χ0v) is 21.0. The number of aryl methyl sites for hydroxylation is 1. The van der Waals surface area contributed by atoms with Crippen molar-refractivity contribution in [3.05, 3.63) is 112 Å². The predicted molar refractivity (Wildman–Crippen MR) is 144 cm³/mol. The van der Waals surface area contributed by atoms with Crippen LogP contribution in [-0.4, -0.2) is 4.87 Å². The first-order valence-electron chi connectivity index (χ1n) is 11.1. The fourth-order valence-electron chi connectivity index (χ4n) is 4.53. The van der Waals surface area contributed by atoms with Gasteiger partial charge in [0.25, 0.3) is 0 Å². The molecule has 0 heterocycles. The third-order valence-electron chi connectivity index (χ3n) is 6.37. The minimum absolute atomic E-state index is 0.00990. The van der Waals surface area contributed by atoms with Gasteiger partial charge in [0.15, 0.2) is 0 Å². The van der Waals surface area contributed by atoms with Gasteiger partial charge >= 0.3 is 0 Å². The van der Waals surface area contributed by atoms with Crippen molar-refractivity contribution in [3.63, 3.8) is 0 Å². The number of nitriles is 2. The number of hydrogen-bond acceptors (Lipinski definition) is 4. The van der Waals surface area contributed by atoms with Gasteiger partial charge in [-0.15, -0.1) is 11.6 Å². The number of halogens is 2. The molecule has 3 unspecified atom stereocenters. The standard InChI is InChI=1S/C29H24Cl2N4/c1-17-8-11-26(22(12-17)16-33)35-18(2)24-14-23(9-10-25(24)30)34-19(3)27-28(29(27,4)31)21-7-5-6-20(13-21)15-32/h5-14,27-28,34-35H,2-3H2,1,4H3. The molecule has 1 saturated carbocycles. The van der Waals surface area contributed by atoms with Gasteiger partial charge in [0.05, 0.1) is 32.8 Å². The van der Waals surface area contributed by atoms with E-state index in [1.54, 1.807) is 12.1 Å². The maximum Gasteiger partial charge on any atom is 0.101 e. The topological polar surface area (TPSA) is 71.6 Å². The number of rotatable bonds is 7. The Labute approximate surface area is 216 Å². The van der Waals surface area contributed by atoms with Gasteiger partial charge in [0, 0.05) is 34.5 Å². The Morgan fingerprint density at radius 2 is 1.77 bits per heavy atom. The highest BCUT2D eigenvalue weighted by molar-refractivity contribution is 6.32. The third-order valence-corrected chi connectivity index (χ3v) is 7.17. The fraction of sp³-hybridized carbons (Fsp3) is 0.172. The summed E-state index contributed by atoms with van der Waals surface area (Å²) < 4.78 is 0. The lowest BCUT2D eigenvalue weighted by Gasteiger charge is -2.16. The van der Waals surface area contributed by atoms with E-state index in [0.29, 0.717) is 33.1 Å². The monoisotopic (exact) mass is 498 g/mol. The van der Waals surface area contributed by atoms with E-state index in [0.717, 1.165) is 22.5 Å². The predicted octanol–water partition coefficient (Wildman–Crippen LogP) is 7.81. The zero-order chi connectivity index (χ0) is 25.3. The van der Waals surface area contributed by atoms with E-state index in [-0.39, 0.29) is 11.8 Å². The van der Waals surface area contributed by atoms with E-state index < -0.39 is 4.87 Å². The summed E-state index contributed by atoms with van der Waals surface area (Å²) in [6, 6.07) is 23.1. The lowest BCUT2D eigenvalue weighted by Crippen LogP contribution is -2.06. The Bertz CT molecular complexity index is 1430. The largest absolute Gasteiger partial charge is 0.359 e. The van der Waals surface area contributed by atoms with Crippen LogP contribution in [-0.2, 0) is 0 Å². The molecule has 0 amide bonds. The molecular formula is C29H24Cl2N4. The van der Waals surface area contributed by atoms with Crippen molar-refractivity contribution in [3.8, 4) is 12.1 Å². The Morgan fingerprint density at radius 3 is 2.49 bits per heavy atom. The number of nitrogens with one attached hydrogen (secondary N) is 2. The van der Waals surface area contributed by atoms with E-state index in [1.165, 1.54) is 0 Å². The first-order valence-corrected chi connectivity index (χ1v) is 11.8. The van der Waals surface area contributed by atoms with Crippen LogP contribution >= 0.6 is 23.2 Å². The third kappa shape index (κ3) is 4.91. The average Bonchev–Trinajstić information content (AvgIpc) is 3.43. The normalized spacial score (nSPS) is 20.3. The second-order valence-corrected chi connectivity index (χ2v) is 10.2. The minimum Gasteiger partial charge on any atom is -0.359 e. The average molecular weight is 499 g/mol. The molecule has 0 aliphatic heterocycles. The fourth-order valence-corrected chi connectivity index (χ4v) is 5.21. The first-order chi connectivity index (χ1) is 16.6. The molecule has 0 bridgehead atoms. The van der Waals surface area contributed by atoms with Crippen molar-refractivity contribution < 1.29 is 0 Å². The minimum atomic E-state index is -0.502. The number of anilines is 2. The van der Waals surface area contributed by atoms with E-state index >= 15 is 0 Å². The highest BCUT2D eigenvalue weighted by Crippen LogP contribution is 2.64. The zero-order valence-electron chi connectivity index (χ0n) is 19.5. The maximum atomic E-state index is 9.47. The van der Waals surface area contributed by atoms with Crippen LogP contribution in [0.3, 0.4) is 0 Å². The SMILES string of the molecule is C=C(Nc1ccc(C)cc1C#N)c1cc(NC(=C)C2C(c3cccc(C#N)c3)C2(C)Cl)ccc1Cl. The molecule has 6 heteroatoms. The molecule has 0 saturated heterocycles. The Kier molecular flexibility index (Phi) is 6.64. The molecule has 3 aromatic carbocycles. The molecule has 0 radical (unpaired) electrons. The van der Waals surface area contributed by atoms with E-state index in [4.69, 9.17) is 23.2 Å². The summed E-state index contributed by atoms with van der Waals surface area (Å²) in [5, 5.41) is 25.8. The van der Waals surface area contributed by atoms with Crippen molar-refractivity contribution in [2.75, 3.05) is 10.6 Å². The van der Waals surface area contributed by atoms with Crippen LogP contribution in [0.4, 0.5) is 11.4 Å². The van der Waals surface area contributed by atoms with Gasteiger partial charge in [-0.3, -0.25) is 0 Å². The number of nitrogens with zero attached hydrogens (tertiary/aromatic N) is 2. The van der Waals surface area contributed by atoms with Crippen LogP contribution in [0.5, 0.6) is 0 Å². The number of benzene rings is 3. The molecule has 35 heavy (non-hydrogen) atoms.